The van der Waals surface area contributed by atoms with Gasteiger partial charge in [0.1, 0.15) is 0 Å². The zero-order valence-electron chi connectivity index (χ0n) is 11.5. The highest BCUT2D eigenvalue weighted by molar-refractivity contribution is 7.09. The molecule has 0 amide bonds. The summed E-state index contributed by atoms with van der Waals surface area (Å²) in [4.78, 5) is 8.73. The Hall–Kier alpha value is -0.920. The summed E-state index contributed by atoms with van der Waals surface area (Å²) >= 11 is 1.44. The van der Waals surface area contributed by atoms with Gasteiger partial charge in [0.2, 0.25) is 11.1 Å². The summed E-state index contributed by atoms with van der Waals surface area (Å²) in [5.74, 6) is 1.06. The third-order valence-electron chi connectivity index (χ3n) is 4.22. The van der Waals surface area contributed by atoms with E-state index in [1.54, 1.807) is 0 Å². The molecule has 0 spiro atoms. The highest BCUT2D eigenvalue weighted by Crippen LogP contribution is 2.35. The van der Waals surface area contributed by atoms with Crippen molar-refractivity contribution in [2.45, 2.75) is 18.4 Å². The number of piperidine rings is 2. The number of hydrogen-bond donors (Lipinski definition) is 2. The Morgan fingerprint density at radius 2 is 2.32 bits per heavy atom. The second kappa shape index (κ2) is 4.88. The van der Waals surface area contributed by atoms with Gasteiger partial charge in [-0.25, -0.2) is 0 Å². The van der Waals surface area contributed by atoms with Gasteiger partial charge in [0, 0.05) is 51.2 Å². The molecule has 0 aromatic carbocycles. The summed E-state index contributed by atoms with van der Waals surface area (Å²) in [5, 5.41) is 15.0. The summed E-state index contributed by atoms with van der Waals surface area (Å²) in [6.07, 6.45) is 1.70. The predicted molar refractivity (Wildman–Crippen MR) is 77.0 cm³/mol. The monoisotopic (exact) mass is 283 g/mol. The minimum atomic E-state index is -0.475. The quantitative estimate of drug-likeness (QED) is 0.806. The summed E-state index contributed by atoms with van der Waals surface area (Å²) in [6.45, 7) is 3.56. The van der Waals surface area contributed by atoms with Crippen LogP contribution in [0.25, 0.3) is 0 Å². The standard InChI is InChI=1S/C12H21N5OS/c1-16(2)10-14-11(19-15-10)17-6-4-12(18)3-5-13-7-9(12)8-17/h9,13,18H,3-8H2,1-2H3/t9-,12-/m0/s1. The lowest BCUT2D eigenvalue weighted by Gasteiger charge is -2.47. The molecular weight excluding hydrogens is 262 g/mol. The molecule has 2 saturated heterocycles. The van der Waals surface area contributed by atoms with Crippen LogP contribution in [-0.2, 0) is 0 Å². The molecule has 6 nitrogen and oxygen atoms in total. The summed E-state index contributed by atoms with van der Waals surface area (Å²) in [7, 11) is 3.90. The average molecular weight is 283 g/mol. The lowest BCUT2D eigenvalue weighted by Crippen LogP contribution is -2.59. The zero-order valence-corrected chi connectivity index (χ0v) is 12.3. The fourth-order valence-corrected chi connectivity index (χ4v) is 3.69. The number of anilines is 2. The van der Waals surface area contributed by atoms with Crippen LogP contribution in [0.1, 0.15) is 12.8 Å². The van der Waals surface area contributed by atoms with Crippen LogP contribution in [0, 0.1) is 5.92 Å². The van der Waals surface area contributed by atoms with Gasteiger partial charge in [0.05, 0.1) is 5.60 Å². The molecule has 7 heteroatoms. The Kier molecular flexibility index (Phi) is 3.36. The van der Waals surface area contributed by atoms with Gasteiger partial charge in [-0.05, 0) is 19.4 Å². The molecule has 19 heavy (non-hydrogen) atoms. The van der Waals surface area contributed by atoms with Gasteiger partial charge in [-0.2, -0.15) is 9.36 Å². The van der Waals surface area contributed by atoms with Gasteiger partial charge in [0.15, 0.2) is 0 Å². The van der Waals surface area contributed by atoms with Crippen LogP contribution in [0.3, 0.4) is 0 Å². The Morgan fingerprint density at radius 1 is 1.47 bits per heavy atom. The SMILES string of the molecule is CN(C)c1nsc(N2CC[C@@]3(O)CCNC[C@H]3C2)n1. The van der Waals surface area contributed by atoms with Crippen LogP contribution >= 0.6 is 11.5 Å². The average Bonchev–Trinajstić information content (AvgIpc) is 2.87. The molecule has 0 aliphatic carbocycles. The van der Waals surface area contributed by atoms with Crippen molar-refractivity contribution >= 4 is 22.6 Å². The molecule has 2 aliphatic rings. The molecule has 106 valence electrons. The molecule has 2 N–H and O–H groups in total. The smallest absolute Gasteiger partial charge is 0.238 e. The van der Waals surface area contributed by atoms with E-state index in [1.807, 2.05) is 19.0 Å². The summed E-state index contributed by atoms with van der Waals surface area (Å²) < 4.78 is 4.35. The largest absolute Gasteiger partial charge is 0.389 e. The predicted octanol–water partition coefficient (Wildman–Crippen LogP) is 0.155. The van der Waals surface area contributed by atoms with Crippen LogP contribution < -0.4 is 15.1 Å². The molecule has 0 saturated carbocycles. The lowest BCUT2D eigenvalue weighted by atomic mass is 9.76. The second-order valence-corrected chi connectivity index (χ2v) is 6.45. The van der Waals surface area contributed by atoms with Gasteiger partial charge in [-0.15, -0.1) is 0 Å². The molecule has 0 bridgehead atoms. The van der Waals surface area contributed by atoms with Crippen LogP contribution in [0.15, 0.2) is 0 Å². The van der Waals surface area contributed by atoms with Crippen LogP contribution in [0.2, 0.25) is 0 Å². The first-order chi connectivity index (χ1) is 9.08. The van der Waals surface area contributed by atoms with Gasteiger partial charge in [0.25, 0.3) is 0 Å². The highest BCUT2D eigenvalue weighted by atomic mass is 32.1. The minimum Gasteiger partial charge on any atom is -0.389 e. The summed E-state index contributed by atoms with van der Waals surface area (Å²) in [5.41, 5.74) is -0.475. The second-order valence-electron chi connectivity index (χ2n) is 5.72. The van der Waals surface area contributed by atoms with Crippen molar-refractivity contribution in [3.8, 4) is 0 Å². The first-order valence-corrected chi connectivity index (χ1v) is 7.55. The molecule has 2 aliphatic heterocycles. The number of aromatic nitrogens is 2. The molecule has 1 aromatic heterocycles. The van der Waals surface area contributed by atoms with E-state index in [-0.39, 0.29) is 0 Å². The van der Waals surface area contributed by atoms with Crippen molar-refractivity contribution in [3.05, 3.63) is 0 Å². The van der Waals surface area contributed by atoms with E-state index in [0.717, 1.165) is 50.1 Å². The molecule has 0 radical (unpaired) electrons. The van der Waals surface area contributed by atoms with E-state index >= 15 is 0 Å². The van der Waals surface area contributed by atoms with E-state index in [9.17, 15) is 5.11 Å². The number of nitrogens with one attached hydrogen (secondary N) is 1. The number of nitrogens with zero attached hydrogens (tertiary/aromatic N) is 4. The van der Waals surface area contributed by atoms with E-state index in [4.69, 9.17) is 0 Å². The van der Waals surface area contributed by atoms with E-state index < -0.39 is 5.60 Å². The number of aliphatic hydroxyl groups is 1. The first-order valence-electron chi connectivity index (χ1n) is 6.77. The van der Waals surface area contributed by atoms with Crippen molar-refractivity contribution in [2.75, 3.05) is 50.1 Å². The minimum absolute atomic E-state index is 0.293. The van der Waals surface area contributed by atoms with Crippen molar-refractivity contribution in [2.24, 2.45) is 5.92 Å². The molecule has 3 rings (SSSR count). The van der Waals surface area contributed by atoms with E-state index in [0.29, 0.717) is 5.92 Å². The topological polar surface area (TPSA) is 64.5 Å². The highest BCUT2D eigenvalue weighted by Gasteiger charge is 2.43. The molecule has 3 heterocycles. The summed E-state index contributed by atoms with van der Waals surface area (Å²) in [6, 6.07) is 0. The fourth-order valence-electron chi connectivity index (χ4n) is 2.92. The maximum Gasteiger partial charge on any atom is 0.238 e. The van der Waals surface area contributed by atoms with Crippen LogP contribution in [-0.4, -0.2) is 60.3 Å². The number of hydrogen-bond acceptors (Lipinski definition) is 7. The van der Waals surface area contributed by atoms with E-state index in [1.165, 1.54) is 11.5 Å². The number of fused-ring (bicyclic) bond motifs is 1. The molecular formula is C12H21N5OS. The Balaban J connectivity index is 1.73. The van der Waals surface area contributed by atoms with Gasteiger partial charge in [-0.3, -0.25) is 0 Å². The van der Waals surface area contributed by atoms with Gasteiger partial charge >= 0.3 is 0 Å². The Morgan fingerprint density at radius 3 is 3.05 bits per heavy atom. The number of rotatable bonds is 2. The van der Waals surface area contributed by atoms with Crippen LogP contribution in [0.4, 0.5) is 11.1 Å². The first kappa shape index (κ1) is 13.1. The van der Waals surface area contributed by atoms with Gasteiger partial charge < -0.3 is 20.2 Å². The lowest BCUT2D eigenvalue weighted by molar-refractivity contribution is -0.0538. The van der Waals surface area contributed by atoms with Crippen molar-refractivity contribution in [1.82, 2.24) is 14.7 Å². The van der Waals surface area contributed by atoms with Crippen molar-refractivity contribution in [1.29, 1.82) is 0 Å². The Labute approximate surface area is 117 Å². The van der Waals surface area contributed by atoms with E-state index in [2.05, 4.69) is 19.6 Å². The third kappa shape index (κ3) is 2.42. The van der Waals surface area contributed by atoms with Crippen molar-refractivity contribution < 1.29 is 5.11 Å². The molecule has 2 atom stereocenters. The molecule has 1 aromatic rings. The third-order valence-corrected chi connectivity index (χ3v) is 4.98. The maximum absolute atomic E-state index is 10.6. The van der Waals surface area contributed by atoms with Gasteiger partial charge in [-0.1, -0.05) is 0 Å². The zero-order chi connectivity index (χ0) is 13.5. The maximum atomic E-state index is 10.6. The Bertz CT molecular complexity index is 451. The molecule has 2 fully saturated rings. The normalized spacial score (nSPS) is 31.1. The van der Waals surface area contributed by atoms with Crippen LogP contribution in [0.5, 0.6) is 0 Å². The van der Waals surface area contributed by atoms with Crippen molar-refractivity contribution in [3.63, 3.8) is 0 Å². The fraction of sp³-hybridized carbons (Fsp3) is 0.833. The molecule has 0 unspecified atom stereocenters.